The molecule has 0 aromatic heterocycles. The van der Waals surface area contributed by atoms with E-state index in [1.54, 1.807) is 0 Å². The molecule has 7 heteroatoms. The first kappa shape index (κ1) is 16.2. The molecule has 1 aromatic carbocycles. The molecule has 3 rings (SSSR count). The first-order chi connectivity index (χ1) is 11.0. The minimum Gasteiger partial charge on any atom is -0.401 e. The highest BCUT2D eigenvalue weighted by Gasteiger charge is 2.49. The molecule has 1 aromatic rings. The van der Waals surface area contributed by atoms with Gasteiger partial charge in [0, 0.05) is 17.9 Å². The number of ether oxygens (including phenoxy) is 1. The summed E-state index contributed by atoms with van der Waals surface area (Å²) in [4.78, 5) is 12.1. The van der Waals surface area contributed by atoms with Crippen LogP contribution in [0.3, 0.4) is 0 Å². The monoisotopic (exact) mass is 378 g/mol. The third-order valence-electron chi connectivity index (χ3n) is 4.21. The van der Waals surface area contributed by atoms with E-state index in [2.05, 4.69) is 26.6 Å². The molecule has 0 aliphatic carbocycles. The van der Waals surface area contributed by atoms with Crippen LogP contribution in [0, 0.1) is 5.41 Å². The Kier molecular flexibility index (Phi) is 4.52. The molecule has 1 amide bonds. The predicted octanol–water partition coefficient (Wildman–Crippen LogP) is 2.03. The smallest absolute Gasteiger partial charge is 0.274 e. The lowest BCUT2D eigenvalue weighted by Crippen LogP contribution is -2.69. The fraction of sp³-hybridized carbons (Fsp3) is 0.375. The molecule has 3 atom stereocenters. The van der Waals surface area contributed by atoms with E-state index < -0.39 is 5.91 Å². The fourth-order valence-electron chi connectivity index (χ4n) is 2.62. The number of nitrogens with two attached hydrogens (primary N) is 1. The molecule has 2 heterocycles. The zero-order chi connectivity index (χ0) is 16.6. The van der Waals surface area contributed by atoms with Crippen molar-refractivity contribution >= 4 is 33.2 Å². The van der Waals surface area contributed by atoms with Crippen molar-refractivity contribution < 1.29 is 9.53 Å². The minimum absolute atomic E-state index is 0.0956. The Morgan fingerprint density at radius 3 is 2.65 bits per heavy atom. The molecule has 0 bridgehead atoms. The predicted molar refractivity (Wildman–Crippen MR) is 92.6 cm³/mol. The van der Waals surface area contributed by atoms with Gasteiger partial charge in [-0.1, -0.05) is 19.1 Å². The molecule has 1 unspecified atom stereocenters. The number of nitrogens with one attached hydrogen (secondary N) is 3. The summed E-state index contributed by atoms with van der Waals surface area (Å²) in [7, 11) is 0. The van der Waals surface area contributed by atoms with Gasteiger partial charge in [0.1, 0.15) is 11.8 Å². The molecular weight excluding hydrogens is 360 g/mol. The number of allylic oxidation sites excluding steroid dienone is 1. The molecule has 0 radical (unpaired) electrons. The van der Waals surface area contributed by atoms with E-state index in [9.17, 15) is 4.79 Å². The van der Waals surface area contributed by atoms with Gasteiger partial charge in [-0.2, -0.15) is 0 Å². The second-order valence-electron chi connectivity index (χ2n) is 5.67. The van der Waals surface area contributed by atoms with E-state index in [-0.39, 0.29) is 11.8 Å². The lowest BCUT2D eigenvalue weighted by atomic mass is 9.86. The van der Waals surface area contributed by atoms with Gasteiger partial charge in [-0.05, 0) is 40.0 Å². The van der Waals surface area contributed by atoms with E-state index in [1.165, 1.54) is 0 Å². The molecule has 23 heavy (non-hydrogen) atoms. The van der Waals surface area contributed by atoms with Crippen LogP contribution in [0.1, 0.15) is 25.0 Å². The molecule has 2 aliphatic heterocycles. The highest BCUT2D eigenvalue weighted by Crippen LogP contribution is 2.39. The maximum absolute atomic E-state index is 12.1. The van der Waals surface area contributed by atoms with E-state index in [1.807, 2.05) is 31.2 Å². The van der Waals surface area contributed by atoms with E-state index in [0.29, 0.717) is 34.4 Å². The largest absolute Gasteiger partial charge is 0.401 e. The molecule has 5 N–H and O–H groups in total. The molecule has 122 valence electrons. The van der Waals surface area contributed by atoms with Gasteiger partial charge >= 0.3 is 0 Å². The number of fused-ring (bicyclic) bond motifs is 1. The third-order valence-corrected chi connectivity index (χ3v) is 5.12. The lowest BCUT2D eigenvalue weighted by molar-refractivity contribution is -0.203. The first-order valence-electron chi connectivity index (χ1n) is 7.54. The van der Waals surface area contributed by atoms with Crippen molar-refractivity contribution in [1.29, 1.82) is 5.41 Å². The van der Waals surface area contributed by atoms with Crippen molar-refractivity contribution in [1.82, 2.24) is 5.32 Å². The Labute approximate surface area is 143 Å². The van der Waals surface area contributed by atoms with Gasteiger partial charge in [-0.25, -0.2) is 0 Å². The average Bonchev–Trinajstić information content (AvgIpc) is 2.55. The second-order valence-corrected chi connectivity index (χ2v) is 6.47. The van der Waals surface area contributed by atoms with Crippen LogP contribution in [0.15, 0.2) is 34.4 Å². The zero-order valence-corrected chi connectivity index (χ0v) is 14.3. The topological polar surface area (TPSA) is 100 Å². The van der Waals surface area contributed by atoms with Crippen molar-refractivity contribution in [2.45, 2.75) is 31.6 Å². The number of carbonyl (C=O) groups excluding carboxylic acids is 1. The zero-order valence-electron chi connectivity index (χ0n) is 12.7. The van der Waals surface area contributed by atoms with Crippen LogP contribution >= 0.6 is 15.9 Å². The Morgan fingerprint density at radius 1 is 1.48 bits per heavy atom. The van der Waals surface area contributed by atoms with Crippen LogP contribution in [0.5, 0.6) is 0 Å². The average molecular weight is 379 g/mol. The first-order valence-corrected chi connectivity index (χ1v) is 8.33. The molecule has 0 saturated carbocycles. The number of anilines is 1. The van der Waals surface area contributed by atoms with Crippen LogP contribution in [0.2, 0.25) is 0 Å². The van der Waals surface area contributed by atoms with Crippen LogP contribution in [0.4, 0.5) is 5.69 Å². The summed E-state index contributed by atoms with van der Waals surface area (Å²) in [5, 5.41) is 13.9. The number of hydrogen-bond donors (Lipinski definition) is 4. The Hall–Kier alpha value is -1.70. The summed E-state index contributed by atoms with van der Waals surface area (Å²) in [5.74, 6) is -0.498. The summed E-state index contributed by atoms with van der Waals surface area (Å²) >= 11 is 3.19. The quantitative estimate of drug-likeness (QED) is 0.588. The highest BCUT2D eigenvalue weighted by atomic mass is 79.9. The summed E-state index contributed by atoms with van der Waals surface area (Å²) in [6, 6.07) is 7.92. The van der Waals surface area contributed by atoms with Gasteiger partial charge in [0.15, 0.2) is 0 Å². The van der Waals surface area contributed by atoms with Gasteiger partial charge in [0.05, 0.1) is 16.6 Å². The maximum atomic E-state index is 12.1. The standard InChI is InChI=1S/C16H19BrN4O2/c1-2-10(18)12(17)13(19)16(22)21-9-5-3-8(4-6-9)15-14-11(23-15)7-20-14/h3-6,11,14-15,19-20H,2,7,18H2,1H3,(H,21,22)/t11?,14-,15+/m1/s1. The maximum Gasteiger partial charge on any atom is 0.274 e. The van der Waals surface area contributed by atoms with Gasteiger partial charge in [-0.3, -0.25) is 10.2 Å². The Morgan fingerprint density at radius 2 is 2.17 bits per heavy atom. The van der Waals surface area contributed by atoms with Crippen molar-refractivity contribution in [2.75, 3.05) is 11.9 Å². The van der Waals surface area contributed by atoms with Crippen molar-refractivity contribution in [3.8, 4) is 0 Å². The fourth-order valence-corrected chi connectivity index (χ4v) is 3.08. The second kappa shape index (κ2) is 6.43. The Bertz CT molecular complexity index is 671. The van der Waals surface area contributed by atoms with E-state index in [0.717, 1.165) is 12.1 Å². The van der Waals surface area contributed by atoms with Gasteiger partial charge in [0.2, 0.25) is 0 Å². The molecule has 0 spiro atoms. The summed E-state index contributed by atoms with van der Waals surface area (Å²) < 4.78 is 6.08. The van der Waals surface area contributed by atoms with Crippen LogP contribution in [0.25, 0.3) is 0 Å². The summed E-state index contributed by atoms with van der Waals surface area (Å²) in [6.07, 6.45) is 1.02. The van der Waals surface area contributed by atoms with Gasteiger partial charge in [0.25, 0.3) is 5.91 Å². The van der Waals surface area contributed by atoms with Crippen molar-refractivity contribution in [2.24, 2.45) is 5.73 Å². The Balaban J connectivity index is 1.62. The number of halogens is 1. The minimum atomic E-state index is -0.498. The summed E-state index contributed by atoms with van der Waals surface area (Å²) in [5.41, 5.74) is 7.76. The molecule has 6 nitrogen and oxygen atoms in total. The number of morpholine rings is 1. The van der Waals surface area contributed by atoms with Crippen molar-refractivity contribution in [3.05, 3.63) is 40.0 Å². The highest BCUT2D eigenvalue weighted by molar-refractivity contribution is 9.12. The molecular formula is C16H19BrN4O2. The molecule has 2 saturated heterocycles. The number of amides is 1. The van der Waals surface area contributed by atoms with E-state index >= 15 is 0 Å². The number of benzene rings is 1. The van der Waals surface area contributed by atoms with Crippen molar-refractivity contribution in [3.63, 3.8) is 0 Å². The third kappa shape index (κ3) is 3.04. The van der Waals surface area contributed by atoms with Crippen LogP contribution in [-0.2, 0) is 9.53 Å². The SMILES string of the molecule is CCC(N)=C(Br)C(=N)C(=O)Nc1ccc([C@@H]2OC3CN[C@H]32)cc1. The van der Waals surface area contributed by atoms with Crippen LogP contribution < -0.4 is 16.4 Å². The summed E-state index contributed by atoms with van der Waals surface area (Å²) in [6.45, 7) is 2.80. The number of carbonyl (C=O) groups is 1. The van der Waals surface area contributed by atoms with Gasteiger partial charge < -0.3 is 21.1 Å². The lowest BCUT2D eigenvalue weighted by Gasteiger charge is -2.53. The molecule has 2 fully saturated rings. The van der Waals surface area contributed by atoms with E-state index in [4.69, 9.17) is 15.9 Å². The number of hydrogen-bond acceptors (Lipinski definition) is 5. The normalized spacial score (nSPS) is 26.3. The molecule has 2 aliphatic rings. The number of rotatable bonds is 5. The van der Waals surface area contributed by atoms with Crippen LogP contribution in [-0.4, -0.2) is 30.3 Å². The van der Waals surface area contributed by atoms with Gasteiger partial charge in [-0.15, -0.1) is 0 Å².